The SMILES string of the molecule is C=CCOC(=O)Nc1cc(OCc2ccccc2)c(OC)cc1C(=O)N1CC=C(c2ccc(OC)cc2)C[C@H]1CCO. The number of anilines is 1. The fourth-order valence-electron chi connectivity index (χ4n) is 4.78. The first-order chi connectivity index (χ1) is 20.5. The number of hydrogen-bond donors (Lipinski definition) is 2. The zero-order valence-corrected chi connectivity index (χ0v) is 23.9. The highest BCUT2D eigenvalue weighted by Crippen LogP contribution is 2.37. The maximum Gasteiger partial charge on any atom is 0.411 e. The van der Waals surface area contributed by atoms with Crippen LogP contribution in [0.15, 0.2) is 85.5 Å². The van der Waals surface area contributed by atoms with Crippen LogP contribution in [0.2, 0.25) is 0 Å². The molecule has 1 aliphatic rings. The van der Waals surface area contributed by atoms with Crippen LogP contribution >= 0.6 is 0 Å². The number of benzene rings is 3. The molecule has 0 unspecified atom stereocenters. The predicted octanol–water partition coefficient (Wildman–Crippen LogP) is 5.70. The Morgan fingerprint density at radius 3 is 2.48 bits per heavy atom. The normalized spacial score (nSPS) is 14.4. The van der Waals surface area contributed by atoms with Gasteiger partial charge in [-0.3, -0.25) is 10.1 Å². The summed E-state index contributed by atoms with van der Waals surface area (Å²) in [5, 5.41) is 12.5. The summed E-state index contributed by atoms with van der Waals surface area (Å²) in [6.07, 6.45) is 3.66. The molecule has 0 saturated carbocycles. The van der Waals surface area contributed by atoms with E-state index in [4.69, 9.17) is 18.9 Å². The topological polar surface area (TPSA) is 107 Å². The Balaban J connectivity index is 1.66. The molecule has 9 nitrogen and oxygen atoms in total. The van der Waals surface area contributed by atoms with Crippen molar-refractivity contribution in [3.8, 4) is 17.2 Å². The molecule has 9 heteroatoms. The molecule has 0 fully saturated rings. The van der Waals surface area contributed by atoms with Crippen molar-refractivity contribution >= 4 is 23.3 Å². The van der Waals surface area contributed by atoms with Gasteiger partial charge in [0.25, 0.3) is 5.91 Å². The van der Waals surface area contributed by atoms with Gasteiger partial charge < -0.3 is 29.0 Å². The Hall–Kier alpha value is -4.76. The molecule has 1 heterocycles. The lowest BCUT2D eigenvalue weighted by Crippen LogP contribution is -2.43. The summed E-state index contributed by atoms with van der Waals surface area (Å²) in [5.74, 6) is 1.12. The fourth-order valence-corrected chi connectivity index (χ4v) is 4.78. The van der Waals surface area contributed by atoms with Crippen LogP contribution in [0.4, 0.5) is 10.5 Å². The Morgan fingerprint density at radius 2 is 1.81 bits per heavy atom. The molecular weight excluding hydrogens is 536 g/mol. The average molecular weight is 573 g/mol. The quantitative estimate of drug-likeness (QED) is 0.268. The van der Waals surface area contributed by atoms with Gasteiger partial charge in [-0.25, -0.2) is 4.79 Å². The van der Waals surface area contributed by atoms with Gasteiger partial charge in [0, 0.05) is 25.3 Å². The number of amides is 2. The maximum atomic E-state index is 14.1. The molecule has 4 rings (SSSR count). The van der Waals surface area contributed by atoms with Crippen LogP contribution in [-0.2, 0) is 11.3 Å². The van der Waals surface area contributed by atoms with Crippen LogP contribution in [0.5, 0.6) is 17.2 Å². The van der Waals surface area contributed by atoms with Crippen molar-refractivity contribution in [3.05, 3.63) is 102 Å². The van der Waals surface area contributed by atoms with E-state index in [1.165, 1.54) is 13.2 Å². The molecule has 3 aromatic rings. The van der Waals surface area contributed by atoms with E-state index in [9.17, 15) is 14.7 Å². The third-order valence-corrected chi connectivity index (χ3v) is 6.96. The van der Waals surface area contributed by atoms with Gasteiger partial charge in [-0.2, -0.15) is 0 Å². The van der Waals surface area contributed by atoms with Crippen LogP contribution in [0.25, 0.3) is 5.57 Å². The van der Waals surface area contributed by atoms with Gasteiger partial charge in [0.2, 0.25) is 0 Å². The summed E-state index contributed by atoms with van der Waals surface area (Å²) >= 11 is 0. The summed E-state index contributed by atoms with van der Waals surface area (Å²) in [5.41, 5.74) is 3.47. The first kappa shape index (κ1) is 30.2. The minimum absolute atomic E-state index is 0.00621. The molecule has 220 valence electrons. The van der Waals surface area contributed by atoms with E-state index < -0.39 is 6.09 Å². The van der Waals surface area contributed by atoms with Crippen molar-refractivity contribution in [2.45, 2.75) is 25.5 Å². The van der Waals surface area contributed by atoms with Gasteiger partial charge in [-0.1, -0.05) is 61.2 Å². The molecule has 0 aliphatic carbocycles. The second kappa shape index (κ2) is 14.7. The van der Waals surface area contributed by atoms with E-state index in [1.807, 2.05) is 60.7 Å². The number of rotatable bonds is 12. The van der Waals surface area contributed by atoms with Crippen LogP contribution in [0, 0.1) is 0 Å². The average Bonchev–Trinajstić information content (AvgIpc) is 3.03. The lowest BCUT2D eigenvalue weighted by molar-refractivity contribution is 0.0670. The number of carbonyl (C=O) groups is 2. The lowest BCUT2D eigenvalue weighted by Gasteiger charge is -2.36. The Kier molecular flexibility index (Phi) is 10.6. The summed E-state index contributed by atoms with van der Waals surface area (Å²) in [4.78, 5) is 28.3. The van der Waals surface area contributed by atoms with E-state index in [1.54, 1.807) is 24.1 Å². The minimum Gasteiger partial charge on any atom is -0.497 e. The summed E-state index contributed by atoms with van der Waals surface area (Å²) in [6.45, 7) is 4.06. The Bertz CT molecular complexity index is 1400. The smallest absolute Gasteiger partial charge is 0.411 e. The van der Waals surface area contributed by atoms with Crippen LogP contribution < -0.4 is 19.5 Å². The van der Waals surface area contributed by atoms with Crippen molar-refractivity contribution < 1.29 is 33.6 Å². The largest absolute Gasteiger partial charge is 0.497 e. The van der Waals surface area contributed by atoms with Crippen molar-refractivity contribution in [2.24, 2.45) is 0 Å². The van der Waals surface area contributed by atoms with Gasteiger partial charge >= 0.3 is 6.09 Å². The number of nitrogens with zero attached hydrogens (tertiary/aromatic N) is 1. The Labute approximate surface area is 246 Å². The van der Waals surface area contributed by atoms with Crippen molar-refractivity contribution in [3.63, 3.8) is 0 Å². The number of aliphatic hydroxyl groups is 1. The first-order valence-corrected chi connectivity index (χ1v) is 13.7. The number of methoxy groups -OCH3 is 2. The van der Waals surface area contributed by atoms with E-state index in [0.717, 1.165) is 22.4 Å². The molecule has 1 atom stereocenters. The number of aliphatic hydroxyl groups excluding tert-OH is 1. The van der Waals surface area contributed by atoms with Gasteiger partial charge in [0.15, 0.2) is 11.5 Å². The van der Waals surface area contributed by atoms with E-state index >= 15 is 0 Å². The maximum absolute atomic E-state index is 14.1. The van der Waals surface area contributed by atoms with Crippen molar-refractivity contribution in [1.82, 2.24) is 4.90 Å². The van der Waals surface area contributed by atoms with Crippen molar-refractivity contribution in [1.29, 1.82) is 0 Å². The molecule has 2 amide bonds. The van der Waals surface area contributed by atoms with Gasteiger partial charge in [0.1, 0.15) is 19.0 Å². The number of hydrogen-bond acceptors (Lipinski definition) is 7. The molecule has 0 bridgehead atoms. The van der Waals surface area contributed by atoms with Crippen LogP contribution in [0.3, 0.4) is 0 Å². The van der Waals surface area contributed by atoms with E-state index in [-0.39, 0.29) is 43.0 Å². The third kappa shape index (κ3) is 7.50. The van der Waals surface area contributed by atoms with Crippen LogP contribution in [-0.4, -0.2) is 62.0 Å². The molecule has 0 aromatic heterocycles. The minimum atomic E-state index is -0.740. The summed E-state index contributed by atoms with van der Waals surface area (Å²) in [7, 11) is 3.11. The standard InChI is InChI=1S/C33H36N2O7/c1-4-18-41-33(38)34-29-21-31(42-22-23-8-6-5-7-9-23)30(40-3)20-28(29)32(37)35-16-14-25(19-26(35)15-17-36)24-10-12-27(39-2)13-11-24/h4-14,20-21,26,36H,1,15-19,22H2,2-3H3,(H,34,38)/t26-/m1/s1. The molecule has 0 saturated heterocycles. The number of ether oxygens (including phenoxy) is 4. The highest BCUT2D eigenvalue weighted by Gasteiger charge is 2.31. The lowest BCUT2D eigenvalue weighted by atomic mass is 9.91. The second-order valence-corrected chi connectivity index (χ2v) is 9.62. The molecular formula is C33H36N2O7. The molecule has 1 aliphatic heterocycles. The monoisotopic (exact) mass is 572 g/mol. The summed E-state index contributed by atoms with van der Waals surface area (Å²) in [6, 6.07) is 20.2. The zero-order chi connectivity index (χ0) is 29.9. The van der Waals surface area contributed by atoms with Gasteiger partial charge in [-0.15, -0.1) is 0 Å². The molecule has 0 radical (unpaired) electrons. The molecule has 0 spiro atoms. The predicted molar refractivity (Wildman–Crippen MR) is 161 cm³/mol. The number of nitrogens with one attached hydrogen (secondary N) is 1. The Morgan fingerprint density at radius 1 is 1.05 bits per heavy atom. The number of carbonyl (C=O) groups excluding carboxylic acids is 2. The van der Waals surface area contributed by atoms with Crippen molar-refractivity contribution in [2.75, 3.05) is 39.3 Å². The van der Waals surface area contributed by atoms with E-state index in [0.29, 0.717) is 30.9 Å². The van der Waals surface area contributed by atoms with Gasteiger partial charge in [-0.05, 0) is 47.7 Å². The zero-order valence-electron chi connectivity index (χ0n) is 23.9. The fraction of sp³-hybridized carbons (Fsp3) is 0.273. The molecule has 42 heavy (non-hydrogen) atoms. The summed E-state index contributed by atoms with van der Waals surface area (Å²) < 4.78 is 22.0. The molecule has 2 N–H and O–H groups in total. The molecule has 3 aromatic carbocycles. The highest BCUT2D eigenvalue weighted by molar-refractivity contribution is 6.04. The highest BCUT2D eigenvalue weighted by atomic mass is 16.5. The first-order valence-electron chi connectivity index (χ1n) is 13.7. The second-order valence-electron chi connectivity index (χ2n) is 9.62. The van der Waals surface area contributed by atoms with Crippen LogP contribution in [0.1, 0.15) is 34.3 Å². The van der Waals surface area contributed by atoms with Gasteiger partial charge in [0.05, 0.1) is 25.5 Å². The third-order valence-electron chi connectivity index (χ3n) is 6.96. The van der Waals surface area contributed by atoms with E-state index in [2.05, 4.69) is 11.9 Å².